The zero-order chi connectivity index (χ0) is 9.26. The lowest BCUT2D eigenvalue weighted by molar-refractivity contribution is 0.960. The molecule has 2 N–H and O–H groups in total. The van der Waals surface area contributed by atoms with Crippen molar-refractivity contribution in [2.45, 2.75) is 6.54 Å². The molecule has 0 aromatic carbocycles. The van der Waals surface area contributed by atoms with Gasteiger partial charge in [-0.15, -0.1) is 21.5 Å². The fourth-order valence-electron chi connectivity index (χ4n) is 0.875. The highest BCUT2D eigenvalue weighted by Gasteiger charge is 2.06. The average molecular weight is 276 g/mol. The van der Waals surface area contributed by atoms with Gasteiger partial charge in [0.2, 0.25) is 0 Å². The van der Waals surface area contributed by atoms with Gasteiger partial charge >= 0.3 is 0 Å². The molecule has 0 radical (unpaired) electrons. The highest BCUT2D eigenvalue weighted by molar-refractivity contribution is 9.11. The van der Waals surface area contributed by atoms with Crippen molar-refractivity contribution >= 4 is 38.6 Å². The van der Waals surface area contributed by atoms with Crippen molar-refractivity contribution < 1.29 is 0 Å². The molecule has 0 unspecified atom stereocenters. The van der Waals surface area contributed by atoms with Gasteiger partial charge in [-0.2, -0.15) is 0 Å². The average Bonchev–Trinajstić information content (AvgIpc) is 2.71. The summed E-state index contributed by atoms with van der Waals surface area (Å²) < 4.78 is 1.10. The lowest BCUT2D eigenvalue weighted by Gasteiger charge is -1.83. The Balaban J connectivity index is 2.35. The first-order valence-corrected chi connectivity index (χ1v) is 6.05. The molecule has 0 aliphatic rings. The maximum atomic E-state index is 5.45. The van der Waals surface area contributed by atoms with Crippen molar-refractivity contribution in [3.05, 3.63) is 20.2 Å². The quantitative estimate of drug-likeness (QED) is 0.916. The van der Waals surface area contributed by atoms with Crippen molar-refractivity contribution in [3.8, 4) is 10.6 Å². The van der Waals surface area contributed by atoms with E-state index in [9.17, 15) is 0 Å². The molecule has 0 fully saturated rings. The summed E-state index contributed by atoms with van der Waals surface area (Å²) in [5, 5.41) is 11.8. The van der Waals surface area contributed by atoms with Crippen molar-refractivity contribution in [1.29, 1.82) is 0 Å². The third-order valence-electron chi connectivity index (χ3n) is 1.46. The second-order valence-corrected chi connectivity index (χ2v) is 5.70. The fraction of sp³-hybridized carbons (Fsp3) is 0.143. The predicted octanol–water partition coefficient (Wildman–Crippen LogP) is 2.49. The lowest BCUT2D eigenvalue weighted by atomic mass is 10.4. The van der Waals surface area contributed by atoms with Crippen LogP contribution in [-0.2, 0) is 6.54 Å². The summed E-state index contributed by atoms with van der Waals surface area (Å²) in [5.74, 6) is 0. The summed E-state index contributed by atoms with van der Waals surface area (Å²) in [6.45, 7) is 0.461. The fourth-order valence-corrected chi connectivity index (χ4v) is 2.80. The Morgan fingerprint density at radius 3 is 2.85 bits per heavy atom. The minimum absolute atomic E-state index is 0.461. The van der Waals surface area contributed by atoms with Gasteiger partial charge < -0.3 is 5.73 Å². The van der Waals surface area contributed by atoms with Crippen molar-refractivity contribution in [1.82, 2.24) is 10.2 Å². The summed E-state index contributed by atoms with van der Waals surface area (Å²) in [6, 6.07) is 2.03. The Bertz CT molecular complexity index is 409. The number of nitrogens with zero attached hydrogens (tertiary/aromatic N) is 2. The Hall–Kier alpha value is -0.300. The number of hydrogen-bond acceptors (Lipinski definition) is 5. The van der Waals surface area contributed by atoms with E-state index in [4.69, 9.17) is 5.73 Å². The van der Waals surface area contributed by atoms with E-state index in [0.717, 1.165) is 19.4 Å². The number of nitrogens with two attached hydrogens (primary N) is 1. The molecule has 0 aliphatic carbocycles. The van der Waals surface area contributed by atoms with Crippen molar-refractivity contribution in [3.63, 3.8) is 0 Å². The normalized spacial score (nSPS) is 10.6. The van der Waals surface area contributed by atoms with E-state index in [0.29, 0.717) is 6.54 Å². The van der Waals surface area contributed by atoms with E-state index in [-0.39, 0.29) is 0 Å². The van der Waals surface area contributed by atoms with Crippen LogP contribution in [0.3, 0.4) is 0 Å². The van der Waals surface area contributed by atoms with E-state index in [1.165, 1.54) is 11.3 Å². The van der Waals surface area contributed by atoms with Gasteiger partial charge in [-0.25, -0.2) is 0 Å². The third kappa shape index (κ3) is 1.96. The summed E-state index contributed by atoms with van der Waals surface area (Å²) in [7, 11) is 0. The molecule has 68 valence electrons. The highest BCUT2D eigenvalue weighted by Crippen LogP contribution is 2.30. The topological polar surface area (TPSA) is 51.8 Å². The summed E-state index contributed by atoms with van der Waals surface area (Å²) in [6.07, 6.45) is 0. The molecule has 2 heterocycles. The second-order valence-electron chi connectivity index (χ2n) is 2.34. The van der Waals surface area contributed by atoms with Gasteiger partial charge in [-0.05, 0) is 22.0 Å². The number of halogens is 1. The molecule has 0 bridgehead atoms. The van der Waals surface area contributed by atoms with Crippen molar-refractivity contribution in [2.75, 3.05) is 0 Å². The molecule has 6 heteroatoms. The molecule has 0 atom stereocenters. The van der Waals surface area contributed by atoms with Crippen LogP contribution in [0.15, 0.2) is 15.2 Å². The van der Waals surface area contributed by atoms with Crippen molar-refractivity contribution in [2.24, 2.45) is 5.73 Å². The smallest absolute Gasteiger partial charge is 0.148 e. The van der Waals surface area contributed by atoms with Crippen LogP contribution in [-0.4, -0.2) is 10.2 Å². The van der Waals surface area contributed by atoms with E-state index in [1.807, 2.05) is 11.4 Å². The SMILES string of the molecule is NCc1nnc(-c2csc(Br)c2)s1. The molecule has 2 rings (SSSR count). The Kier molecular flexibility index (Phi) is 2.73. The van der Waals surface area contributed by atoms with Crippen LogP contribution in [0.25, 0.3) is 10.6 Å². The van der Waals surface area contributed by atoms with Crippen LogP contribution in [0.5, 0.6) is 0 Å². The van der Waals surface area contributed by atoms with Gasteiger partial charge in [-0.1, -0.05) is 11.3 Å². The molecule has 2 aromatic rings. The number of rotatable bonds is 2. The Labute approximate surface area is 91.7 Å². The van der Waals surface area contributed by atoms with Gasteiger partial charge in [0.25, 0.3) is 0 Å². The minimum atomic E-state index is 0.461. The van der Waals surface area contributed by atoms with Gasteiger partial charge in [0.15, 0.2) is 0 Å². The third-order valence-corrected chi connectivity index (χ3v) is 3.95. The Morgan fingerprint density at radius 2 is 2.31 bits per heavy atom. The largest absolute Gasteiger partial charge is 0.324 e. The van der Waals surface area contributed by atoms with Crippen LogP contribution in [0.1, 0.15) is 5.01 Å². The Morgan fingerprint density at radius 1 is 1.46 bits per heavy atom. The van der Waals surface area contributed by atoms with Crippen LogP contribution >= 0.6 is 38.6 Å². The summed E-state index contributed by atoms with van der Waals surface area (Å²) in [5.41, 5.74) is 6.55. The molecule has 13 heavy (non-hydrogen) atoms. The van der Waals surface area contributed by atoms with E-state index in [2.05, 4.69) is 26.1 Å². The van der Waals surface area contributed by atoms with E-state index < -0.39 is 0 Å². The molecule has 2 aromatic heterocycles. The zero-order valence-electron chi connectivity index (χ0n) is 6.53. The van der Waals surface area contributed by atoms with E-state index >= 15 is 0 Å². The lowest BCUT2D eigenvalue weighted by Crippen LogP contribution is -1.94. The first kappa shape index (κ1) is 9.26. The molecule has 3 nitrogen and oxygen atoms in total. The zero-order valence-corrected chi connectivity index (χ0v) is 9.75. The second kappa shape index (κ2) is 3.83. The predicted molar refractivity (Wildman–Crippen MR) is 58.8 cm³/mol. The van der Waals surface area contributed by atoms with Gasteiger partial charge in [0.1, 0.15) is 10.0 Å². The van der Waals surface area contributed by atoms with Crippen LogP contribution < -0.4 is 5.73 Å². The van der Waals surface area contributed by atoms with Crippen LogP contribution in [0.4, 0.5) is 0 Å². The molecule has 0 spiro atoms. The molecule has 0 aliphatic heterocycles. The van der Waals surface area contributed by atoms with Crippen LogP contribution in [0.2, 0.25) is 0 Å². The summed E-state index contributed by atoms with van der Waals surface area (Å²) in [4.78, 5) is 0. The first-order chi connectivity index (χ1) is 6.29. The molecular formula is C7H6BrN3S2. The number of thiophene rings is 1. The molecule has 0 saturated carbocycles. The maximum Gasteiger partial charge on any atom is 0.148 e. The molecule has 0 saturated heterocycles. The van der Waals surface area contributed by atoms with E-state index in [1.54, 1.807) is 11.3 Å². The number of aromatic nitrogens is 2. The van der Waals surface area contributed by atoms with Crippen LogP contribution in [0, 0.1) is 0 Å². The minimum Gasteiger partial charge on any atom is -0.324 e. The van der Waals surface area contributed by atoms with Gasteiger partial charge in [0.05, 0.1) is 3.79 Å². The summed E-state index contributed by atoms with van der Waals surface area (Å²) >= 11 is 6.58. The molecular weight excluding hydrogens is 270 g/mol. The van der Waals surface area contributed by atoms with Gasteiger partial charge in [-0.3, -0.25) is 0 Å². The van der Waals surface area contributed by atoms with Gasteiger partial charge in [0, 0.05) is 17.5 Å². The monoisotopic (exact) mass is 275 g/mol. The number of hydrogen-bond donors (Lipinski definition) is 1. The highest BCUT2D eigenvalue weighted by atomic mass is 79.9. The molecule has 0 amide bonds. The standard InChI is InChI=1S/C7H6BrN3S2/c8-5-1-4(3-12-5)7-11-10-6(2-9)13-7/h1,3H,2,9H2. The first-order valence-electron chi connectivity index (χ1n) is 3.56. The maximum absolute atomic E-state index is 5.45.